The minimum atomic E-state index is -1.28. The summed E-state index contributed by atoms with van der Waals surface area (Å²) in [6, 6.07) is 0. The van der Waals surface area contributed by atoms with Gasteiger partial charge in [0.2, 0.25) is 12.6 Å². The number of esters is 6. The Morgan fingerprint density at radius 3 is 1.28 bits per heavy atom. The second-order valence-electron chi connectivity index (χ2n) is 10.8. The molecule has 16 heteroatoms. The number of carbonyl (C=O) groups excluding carboxylic acids is 6. The predicted octanol–water partition coefficient (Wildman–Crippen LogP) is 3.09. The van der Waals surface area contributed by atoms with Gasteiger partial charge in [0.05, 0.1) is 18.1 Å². The van der Waals surface area contributed by atoms with E-state index in [2.05, 4.69) is 60.6 Å². The van der Waals surface area contributed by atoms with Crippen LogP contribution in [0.2, 0.25) is 0 Å². The molecule has 0 fully saturated rings. The Labute approximate surface area is 312 Å². The third-order valence-corrected chi connectivity index (χ3v) is 5.63. The van der Waals surface area contributed by atoms with Gasteiger partial charge in [0.15, 0.2) is 0 Å². The van der Waals surface area contributed by atoms with Gasteiger partial charge in [-0.25, -0.2) is 28.8 Å². The minimum Gasteiger partial charge on any atom is -0.462 e. The van der Waals surface area contributed by atoms with Crippen LogP contribution in [0.25, 0.3) is 0 Å². The molecule has 4 N–H and O–H groups in total. The van der Waals surface area contributed by atoms with Gasteiger partial charge in [-0.1, -0.05) is 72.6 Å². The standard InChI is InChI=1S/C14H18O7.C9H16O3.2C7H12O3/c1-4-11(16)19-8-14(7-15,9-20-12(17)5-2)10-21-13(18)6-3;1-3-5-6-7-9(11)12-8(10)4-2;1-5(2)7(9)10-4-6(3)8;1-3-5-7(9)10-6(8)4-2/h4-6,15H,1-3,7-10H2;4,9,11H,2-3,5-7H2,1H3;6,8H,1,4H2,2-3H3;4,7,9H,2-3,5H2,1H3. The van der Waals surface area contributed by atoms with Crippen LogP contribution in [0, 0.1) is 5.41 Å². The Kier molecular flexibility index (Phi) is 36.8. The van der Waals surface area contributed by atoms with Gasteiger partial charge >= 0.3 is 35.8 Å². The van der Waals surface area contributed by atoms with E-state index in [1.807, 2.05) is 6.92 Å². The highest BCUT2D eigenvalue weighted by Gasteiger charge is 2.35. The molecule has 53 heavy (non-hydrogen) atoms. The van der Waals surface area contributed by atoms with Gasteiger partial charge in [0, 0.05) is 48.8 Å². The molecule has 0 saturated carbocycles. The molecule has 0 aromatic carbocycles. The maximum absolute atomic E-state index is 11.1. The predicted molar refractivity (Wildman–Crippen MR) is 194 cm³/mol. The molecular formula is C37H58O16. The molecule has 0 rings (SSSR count). The lowest BCUT2D eigenvalue weighted by atomic mass is 9.92. The lowest BCUT2D eigenvalue weighted by Gasteiger charge is -2.29. The molecule has 0 aromatic rings. The van der Waals surface area contributed by atoms with Crippen molar-refractivity contribution < 1.29 is 77.6 Å². The Bertz CT molecular complexity index is 1100. The smallest absolute Gasteiger partial charge is 0.333 e. The van der Waals surface area contributed by atoms with Crippen molar-refractivity contribution in [2.75, 3.05) is 33.0 Å². The topological polar surface area (TPSA) is 239 Å². The van der Waals surface area contributed by atoms with E-state index in [-0.39, 0.29) is 26.4 Å². The summed E-state index contributed by atoms with van der Waals surface area (Å²) in [7, 11) is 0. The summed E-state index contributed by atoms with van der Waals surface area (Å²) in [5.41, 5.74) is -0.934. The monoisotopic (exact) mass is 758 g/mol. The van der Waals surface area contributed by atoms with Crippen molar-refractivity contribution in [3.8, 4) is 0 Å². The Hall–Kier alpha value is -4.90. The van der Waals surface area contributed by atoms with Crippen LogP contribution in [0.5, 0.6) is 0 Å². The van der Waals surface area contributed by atoms with E-state index >= 15 is 0 Å². The molecule has 16 nitrogen and oxygen atoms in total. The quantitative estimate of drug-likeness (QED) is 0.0385. The van der Waals surface area contributed by atoms with Gasteiger partial charge in [-0.2, -0.15) is 0 Å². The van der Waals surface area contributed by atoms with E-state index in [1.54, 1.807) is 13.8 Å². The van der Waals surface area contributed by atoms with Gasteiger partial charge in [0.25, 0.3) is 0 Å². The van der Waals surface area contributed by atoms with Gasteiger partial charge in [-0.3, -0.25) is 0 Å². The maximum Gasteiger partial charge on any atom is 0.333 e. The number of hydrogen-bond acceptors (Lipinski definition) is 16. The van der Waals surface area contributed by atoms with E-state index in [4.69, 9.17) is 29.5 Å². The van der Waals surface area contributed by atoms with Crippen molar-refractivity contribution in [3.05, 3.63) is 75.4 Å². The van der Waals surface area contributed by atoms with Gasteiger partial charge in [-0.15, -0.1) is 0 Å². The molecule has 0 heterocycles. The largest absolute Gasteiger partial charge is 0.462 e. The zero-order chi connectivity index (χ0) is 41.8. The maximum atomic E-state index is 11.1. The number of rotatable bonds is 23. The number of ether oxygens (including phenoxy) is 6. The van der Waals surface area contributed by atoms with Crippen molar-refractivity contribution in [1.82, 2.24) is 0 Å². The first-order valence-corrected chi connectivity index (χ1v) is 16.4. The van der Waals surface area contributed by atoms with Crippen LogP contribution in [-0.4, -0.2) is 108 Å². The molecule has 0 radical (unpaired) electrons. The summed E-state index contributed by atoms with van der Waals surface area (Å²) in [4.78, 5) is 64.8. The number of aliphatic hydroxyl groups excluding tert-OH is 4. The average molecular weight is 759 g/mol. The van der Waals surface area contributed by atoms with Gasteiger partial charge in [0.1, 0.15) is 26.4 Å². The van der Waals surface area contributed by atoms with Gasteiger partial charge in [-0.05, 0) is 20.3 Å². The van der Waals surface area contributed by atoms with Crippen molar-refractivity contribution in [2.24, 2.45) is 5.41 Å². The molecule has 3 atom stereocenters. The van der Waals surface area contributed by atoms with Crippen LogP contribution >= 0.6 is 0 Å². The lowest BCUT2D eigenvalue weighted by Crippen LogP contribution is -2.42. The third kappa shape index (κ3) is 36.7. The average Bonchev–Trinajstić information content (AvgIpc) is 3.13. The minimum absolute atomic E-state index is 0.0334. The van der Waals surface area contributed by atoms with Crippen LogP contribution in [0.4, 0.5) is 0 Å². The molecule has 302 valence electrons. The van der Waals surface area contributed by atoms with Crippen molar-refractivity contribution in [2.45, 2.75) is 84.9 Å². The number of aliphatic hydroxyl groups is 4. The van der Waals surface area contributed by atoms with Crippen LogP contribution < -0.4 is 0 Å². The molecule has 0 aliphatic heterocycles. The zero-order valence-corrected chi connectivity index (χ0v) is 31.3. The SMILES string of the molecule is C=C(C)C(=O)OCC(C)O.C=CC(=O)OC(O)CCC.C=CC(=O)OC(O)CCCCC.C=CC(=O)OCC(CO)(COC(=O)C=C)COC(=O)C=C. The Morgan fingerprint density at radius 2 is 1.00 bits per heavy atom. The molecule has 0 aromatic heterocycles. The van der Waals surface area contributed by atoms with E-state index in [0.29, 0.717) is 18.4 Å². The van der Waals surface area contributed by atoms with Crippen molar-refractivity contribution in [1.29, 1.82) is 0 Å². The van der Waals surface area contributed by atoms with Crippen LogP contribution in [0.1, 0.15) is 66.2 Å². The Morgan fingerprint density at radius 1 is 0.623 bits per heavy atom. The highest BCUT2D eigenvalue weighted by atomic mass is 16.6. The number of unbranched alkanes of at least 4 members (excludes halogenated alkanes) is 2. The van der Waals surface area contributed by atoms with E-state index in [0.717, 1.165) is 56.1 Å². The summed E-state index contributed by atoms with van der Waals surface area (Å²) in [5.74, 6) is -3.78. The summed E-state index contributed by atoms with van der Waals surface area (Å²) in [5, 5.41) is 36.1. The molecule has 0 aliphatic carbocycles. The van der Waals surface area contributed by atoms with Crippen LogP contribution in [0.3, 0.4) is 0 Å². The second-order valence-corrected chi connectivity index (χ2v) is 10.8. The first-order valence-electron chi connectivity index (χ1n) is 16.4. The highest BCUT2D eigenvalue weighted by Crippen LogP contribution is 2.19. The molecule has 0 bridgehead atoms. The number of hydrogen-bond donors (Lipinski definition) is 4. The van der Waals surface area contributed by atoms with Crippen LogP contribution in [0.15, 0.2) is 75.4 Å². The molecule has 0 saturated heterocycles. The molecule has 0 amide bonds. The first kappa shape index (κ1) is 54.9. The molecule has 0 aliphatic rings. The summed E-state index contributed by atoms with van der Waals surface area (Å²) >= 11 is 0. The third-order valence-electron chi connectivity index (χ3n) is 5.63. The first-order chi connectivity index (χ1) is 24.9. The van der Waals surface area contributed by atoms with Crippen molar-refractivity contribution in [3.63, 3.8) is 0 Å². The fourth-order valence-corrected chi connectivity index (χ4v) is 2.73. The fourth-order valence-electron chi connectivity index (χ4n) is 2.73. The Balaban J connectivity index is -0.000000321. The fraction of sp³-hybridized carbons (Fsp3) is 0.514. The highest BCUT2D eigenvalue weighted by molar-refractivity contribution is 5.87. The normalized spacial score (nSPS) is 11.4. The van der Waals surface area contributed by atoms with E-state index < -0.39 is 66.5 Å². The molecule has 0 spiro atoms. The zero-order valence-electron chi connectivity index (χ0n) is 31.3. The van der Waals surface area contributed by atoms with E-state index in [1.165, 1.54) is 0 Å². The van der Waals surface area contributed by atoms with Crippen molar-refractivity contribution >= 4 is 35.8 Å². The second kappa shape index (κ2) is 35.5. The van der Waals surface area contributed by atoms with E-state index in [9.17, 15) is 33.9 Å². The summed E-state index contributed by atoms with van der Waals surface area (Å²) < 4.78 is 28.0. The molecule has 3 unspecified atom stereocenters. The summed E-state index contributed by atoms with van der Waals surface area (Å²) in [6.07, 6.45) is 7.10. The summed E-state index contributed by atoms with van der Waals surface area (Å²) in [6.45, 7) is 25.0. The lowest BCUT2D eigenvalue weighted by molar-refractivity contribution is -0.163. The van der Waals surface area contributed by atoms with Crippen LogP contribution in [-0.2, 0) is 57.2 Å². The number of carbonyl (C=O) groups is 6. The molecular weight excluding hydrogens is 700 g/mol. The van der Waals surface area contributed by atoms with Gasteiger partial charge < -0.3 is 48.8 Å².